The number of aliphatic hydroxyl groups is 1. The number of carboxylic acids is 1. The molecular formula is C33H32BrCl2N3O5. The van der Waals surface area contributed by atoms with E-state index in [1.165, 1.54) is 18.2 Å². The Labute approximate surface area is 274 Å². The molecule has 44 heavy (non-hydrogen) atoms. The second-order valence-corrected chi connectivity index (χ2v) is 12.3. The zero-order valence-electron chi connectivity index (χ0n) is 23.9. The molecule has 1 heterocycles. The number of hydrogen-bond acceptors (Lipinski definition) is 7. The van der Waals surface area contributed by atoms with Crippen LogP contribution in [0, 0.1) is 0 Å². The first-order chi connectivity index (χ1) is 21.1. The number of fused-ring (bicyclic) bond motifs is 1. The van der Waals surface area contributed by atoms with Crippen molar-refractivity contribution in [3.05, 3.63) is 97.4 Å². The van der Waals surface area contributed by atoms with Crippen LogP contribution in [-0.2, 0) is 30.8 Å². The first-order valence-electron chi connectivity index (χ1n) is 14.0. The maximum atomic E-state index is 10.8. The molecule has 0 aliphatic heterocycles. The van der Waals surface area contributed by atoms with Crippen molar-refractivity contribution >= 4 is 45.1 Å². The van der Waals surface area contributed by atoms with Gasteiger partial charge in [-0.1, -0.05) is 77.8 Å². The van der Waals surface area contributed by atoms with Gasteiger partial charge in [-0.2, -0.15) is 4.98 Å². The summed E-state index contributed by atoms with van der Waals surface area (Å²) in [6, 6.07) is 20.1. The number of aliphatic carboxylic acids is 1. The lowest BCUT2D eigenvalue weighted by Crippen LogP contribution is -2.28. The second-order valence-electron chi connectivity index (χ2n) is 10.7. The number of aliphatic hydroxyl groups excluding tert-OH is 1. The van der Waals surface area contributed by atoms with E-state index in [1.54, 1.807) is 6.07 Å². The van der Waals surface area contributed by atoms with Gasteiger partial charge in [0.25, 0.3) is 0 Å². The zero-order valence-corrected chi connectivity index (χ0v) is 27.0. The van der Waals surface area contributed by atoms with Gasteiger partial charge in [-0.3, -0.25) is 4.79 Å². The monoisotopic (exact) mass is 699 g/mol. The highest BCUT2D eigenvalue weighted by atomic mass is 79.9. The van der Waals surface area contributed by atoms with Crippen molar-refractivity contribution in [3.63, 3.8) is 0 Å². The number of benzene rings is 3. The molecule has 8 nitrogen and oxygen atoms in total. The molecule has 0 unspecified atom stereocenters. The zero-order chi connectivity index (χ0) is 31.4. The number of pyridine rings is 1. The van der Waals surface area contributed by atoms with Crippen LogP contribution in [0.3, 0.4) is 0 Å². The molecule has 230 valence electrons. The Hall–Kier alpha value is -3.18. The predicted octanol–water partition coefficient (Wildman–Crippen LogP) is 6.42. The molecule has 1 aliphatic carbocycles. The number of nitrogens with zero attached hydrogens (tertiary/aromatic N) is 1. The van der Waals surface area contributed by atoms with E-state index < -0.39 is 12.1 Å². The summed E-state index contributed by atoms with van der Waals surface area (Å²) >= 11 is 17.5. The Balaban J connectivity index is 1.32. The predicted molar refractivity (Wildman–Crippen MR) is 176 cm³/mol. The number of ether oxygens (including phenoxy) is 2. The third kappa shape index (κ3) is 7.37. The highest BCUT2D eigenvalue weighted by Gasteiger charge is 2.21. The molecule has 2 atom stereocenters. The summed E-state index contributed by atoms with van der Waals surface area (Å²) in [5.41, 5.74) is 13.8. The molecule has 11 heteroatoms. The third-order valence-electron chi connectivity index (χ3n) is 7.50. The number of methoxy groups -OCH3 is 1. The quantitative estimate of drug-likeness (QED) is 0.133. The number of nitrogens with two attached hydrogens (primary N) is 1. The molecule has 0 fully saturated rings. The van der Waals surface area contributed by atoms with Gasteiger partial charge in [0, 0.05) is 46.9 Å². The van der Waals surface area contributed by atoms with Gasteiger partial charge in [0.2, 0.25) is 11.8 Å². The van der Waals surface area contributed by atoms with E-state index in [1.807, 2.05) is 36.4 Å². The molecular weight excluding hydrogens is 669 g/mol. The van der Waals surface area contributed by atoms with Crippen LogP contribution in [-0.4, -0.2) is 47.0 Å². The van der Waals surface area contributed by atoms with Crippen LogP contribution >= 0.6 is 39.1 Å². The van der Waals surface area contributed by atoms with Crippen molar-refractivity contribution in [3.8, 4) is 34.0 Å². The first kappa shape index (κ1) is 32.2. The van der Waals surface area contributed by atoms with Gasteiger partial charge in [-0.25, -0.2) is 0 Å². The van der Waals surface area contributed by atoms with Crippen molar-refractivity contribution in [2.24, 2.45) is 5.73 Å². The van der Waals surface area contributed by atoms with Crippen LogP contribution in [0.4, 0.5) is 0 Å². The van der Waals surface area contributed by atoms with Gasteiger partial charge in [-0.05, 0) is 51.5 Å². The number of aromatic nitrogens is 1. The van der Waals surface area contributed by atoms with Crippen LogP contribution in [0.25, 0.3) is 22.3 Å². The van der Waals surface area contributed by atoms with Gasteiger partial charge >= 0.3 is 5.97 Å². The minimum Gasteiger partial charge on any atom is -0.481 e. The van der Waals surface area contributed by atoms with Crippen LogP contribution < -0.4 is 20.5 Å². The van der Waals surface area contributed by atoms with E-state index in [0.717, 1.165) is 40.7 Å². The Morgan fingerprint density at radius 2 is 1.73 bits per heavy atom. The summed E-state index contributed by atoms with van der Waals surface area (Å²) < 4.78 is 12.1. The molecule has 0 radical (unpaired) electrons. The van der Waals surface area contributed by atoms with Crippen LogP contribution in [0.1, 0.15) is 28.7 Å². The molecule has 0 bridgehead atoms. The van der Waals surface area contributed by atoms with Crippen LogP contribution in [0.5, 0.6) is 11.8 Å². The fraction of sp³-hybridized carbons (Fsp3) is 0.273. The number of halogens is 3. The minimum atomic E-state index is -1.06. The highest BCUT2D eigenvalue weighted by molar-refractivity contribution is 9.10. The van der Waals surface area contributed by atoms with Gasteiger partial charge in [-0.15, -0.1) is 0 Å². The summed E-state index contributed by atoms with van der Waals surface area (Å²) in [6.45, 7) is 0.552. The van der Waals surface area contributed by atoms with E-state index in [2.05, 4.69) is 44.4 Å². The van der Waals surface area contributed by atoms with Crippen molar-refractivity contribution < 1.29 is 24.5 Å². The van der Waals surface area contributed by atoms with Crippen molar-refractivity contribution in [2.45, 2.75) is 44.6 Å². The van der Waals surface area contributed by atoms with E-state index >= 15 is 0 Å². The van der Waals surface area contributed by atoms with Crippen molar-refractivity contribution in [1.82, 2.24) is 10.3 Å². The van der Waals surface area contributed by atoms with Gasteiger partial charge in [0.05, 0.1) is 34.2 Å². The molecule has 4 aromatic rings. The number of nitrogens with one attached hydrogen (secondary N) is 1. The molecule has 0 spiro atoms. The highest BCUT2D eigenvalue weighted by Crippen LogP contribution is 2.41. The molecule has 0 saturated heterocycles. The second kappa shape index (κ2) is 14.3. The number of hydrogen-bond donors (Lipinski definition) is 4. The Kier molecular flexibility index (Phi) is 10.5. The maximum Gasteiger partial charge on any atom is 0.306 e. The Morgan fingerprint density at radius 1 is 1.02 bits per heavy atom. The fourth-order valence-electron chi connectivity index (χ4n) is 5.37. The Bertz CT molecular complexity index is 1690. The SMILES string of the molecule is COc1nc(OCc2cccc(-c3cccc(-c4ccc5c(c4)C[C@@H](N)C5)c3Cl)c2Cl)c(Br)cc1CNC[C@H](O)CC(=O)O. The lowest BCUT2D eigenvalue weighted by atomic mass is 9.96. The normalized spacial score (nSPS) is 14.7. The number of rotatable bonds is 12. The summed E-state index contributed by atoms with van der Waals surface area (Å²) in [6.07, 6.45) is 0.414. The van der Waals surface area contributed by atoms with Gasteiger partial charge < -0.3 is 30.7 Å². The molecule has 0 amide bonds. The molecule has 1 aromatic heterocycles. The van der Waals surface area contributed by atoms with Crippen LogP contribution in [0.2, 0.25) is 10.0 Å². The minimum absolute atomic E-state index is 0.106. The van der Waals surface area contributed by atoms with Gasteiger partial charge in [0.1, 0.15) is 6.61 Å². The van der Waals surface area contributed by atoms with E-state index in [4.69, 9.17) is 43.5 Å². The fourth-order valence-corrected chi connectivity index (χ4v) is 6.47. The average molecular weight is 701 g/mol. The molecule has 3 aromatic carbocycles. The van der Waals surface area contributed by atoms with E-state index in [9.17, 15) is 9.90 Å². The van der Waals surface area contributed by atoms with Crippen molar-refractivity contribution in [2.75, 3.05) is 13.7 Å². The molecule has 0 saturated carbocycles. The standard InChI is InChI=1S/C33H32BrCl2N3O5/c1-43-32-22(15-38-16-24(40)14-29(41)42)13-28(34)33(39-32)44-17-20-4-2-6-26(30(20)35)27-7-3-5-25(31(27)36)19-9-8-18-11-23(37)12-21(18)10-19/h2-10,13,23-24,38,40H,11-12,14-17,37H2,1H3,(H,41,42)/t23-,24+/m0/s1. The largest absolute Gasteiger partial charge is 0.481 e. The van der Waals surface area contributed by atoms with Crippen molar-refractivity contribution in [1.29, 1.82) is 0 Å². The van der Waals surface area contributed by atoms with Gasteiger partial charge in [0.15, 0.2) is 0 Å². The molecule has 5 N–H and O–H groups in total. The number of carbonyl (C=O) groups is 1. The Morgan fingerprint density at radius 3 is 2.48 bits per heavy atom. The first-order valence-corrected chi connectivity index (χ1v) is 15.6. The lowest BCUT2D eigenvalue weighted by molar-refractivity contribution is -0.139. The smallest absolute Gasteiger partial charge is 0.306 e. The third-order valence-corrected chi connectivity index (χ3v) is 8.92. The number of carboxylic acid groups (broad SMARTS) is 1. The topological polar surface area (TPSA) is 127 Å². The summed E-state index contributed by atoms with van der Waals surface area (Å²) in [7, 11) is 1.50. The molecule has 5 rings (SSSR count). The molecule has 1 aliphatic rings. The maximum absolute atomic E-state index is 10.8. The van der Waals surface area contributed by atoms with Crippen LogP contribution in [0.15, 0.2) is 65.1 Å². The summed E-state index contributed by atoms with van der Waals surface area (Å²) in [4.78, 5) is 15.3. The van der Waals surface area contributed by atoms with E-state index in [0.29, 0.717) is 38.4 Å². The lowest BCUT2D eigenvalue weighted by Gasteiger charge is -2.16. The van der Waals surface area contributed by atoms with E-state index in [-0.39, 0.29) is 25.6 Å². The summed E-state index contributed by atoms with van der Waals surface area (Å²) in [5.74, 6) is -0.416. The summed E-state index contributed by atoms with van der Waals surface area (Å²) in [5, 5.41) is 22.8. The average Bonchev–Trinajstić information content (AvgIpc) is 3.36.